The Morgan fingerprint density at radius 1 is 0.912 bits per heavy atom. The highest BCUT2D eigenvalue weighted by molar-refractivity contribution is 6.05. The number of hydrogen-bond donors (Lipinski definition) is 1. The van der Waals surface area contributed by atoms with E-state index < -0.39 is 29.2 Å². The first-order valence-electron chi connectivity index (χ1n) is 10.3. The van der Waals surface area contributed by atoms with Gasteiger partial charge in [0, 0.05) is 13.6 Å². The summed E-state index contributed by atoms with van der Waals surface area (Å²) in [6, 6.07) is 18.7. The molecular weight excluding hydrogens is 449 g/mol. The number of halogens is 3. The molecule has 0 saturated carbocycles. The number of alkyl halides is 3. The number of carbonyl (C=O) groups excluding carboxylic acids is 2. The molecule has 0 atom stereocenters. The van der Waals surface area contributed by atoms with Gasteiger partial charge in [-0.15, -0.1) is 0 Å². The molecule has 3 aromatic rings. The van der Waals surface area contributed by atoms with E-state index in [4.69, 9.17) is 9.47 Å². The minimum atomic E-state index is -4.86. The summed E-state index contributed by atoms with van der Waals surface area (Å²) in [7, 11) is 2.63. The van der Waals surface area contributed by atoms with Gasteiger partial charge in [0.15, 0.2) is 11.5 Å². The number of amides is 3. The lowest BCUT2D eigenvalue weighted by atomic mass is 10.0. The first-order chi connectivity index (χ1) is 16.2. The van der Waals surface area contributed by atoms with Crippen LogP contribution in [0, 0.1) is 0 Å². The van der Waals surface area contributed by atoms with E-state index in [1.165, 1.54) is 19.1 Å². The summed E-state index contributed by atoms with van der Waals surface area (Å²) in [5.74, 6) is -1.45. The number of methoxy groups -OCH3 is 1. The summed E-state index contributed by atoms with van der Waals surface area (Å²) in [4.78, 5) is 26.4. The Balaban J connectivity index is 1.84. The summed E-state index contributed by atoms with van der Waals surface area (Å²) in [6.45, 7) is 0.211. The van der Waals surface area contributed by atoms with Crippen molar-refractivity contribution in [1.82, 2.24) is 10.2 Å². The molecule has 0 bridgehead atoms. The molecule has 0 aromatic heterocycles. The molecule has 34 heavy (non-hydrogen) atoms. The third-order valence-corrected chi connectivity index (χ3v) is 4.92. The second-order valence-electron chi connectivity index (χ2n) is 7.42. The monoisotopic (exact) mass is 472 g/mol. The highest BCUT2D eigenvalue weighted by Crippen LogP contribution is 2.39. The lowest BCUT2D eigenvalue weighted by Gasteiger charge is -2.20. The van der Waals surface area contributed by atoms with Gasteiger partial charge in [-0.05, 0) is 23.3 Å². The Morgan fingerprint density at radius 2 is 1.50 bits per heavy atom. The number of rotatable bonds is 7. The molecule has 0 fully saturated rings. The van der Waals surface area contributed by atoms with Gasteiger partial charge in [-0.3, -0.25) is 10.1 Å². The van der Waals surface area contributed by atoms with Crippen LogP contribution in [0.4, 0.5) is 18.0 Å². The van der Waals surface area contributed by atoms with E-state index in [9.17, 15) is 22.8 Å². The zero-order valence-electron chi connectivity index (χ0n) is 18.6. The molecule has 1 N–H and O–H groups in total. The summed E-state index contributed by atoms with van der Waals surface area (Å²) < 4.78 is 51.9. The highest BCUT2D eigenvalue weighted by atomic mass is 19.4. The van der Waals surface area contributed by atoms with E-state index in [1.54, 1.807) is 48.5 Å². The summed E-state index contributed by atoms with van der Waals surface area (Å²) in [6.07, 6.45) is -4.86. The number of urea groups is 1. The number of carbonyl (C=O) groups is 2. The van der Waals surface area contributed by atoms with Crippen molar-refractivity contribution >= 4 is 11.9 Å². The normalized spacial score (nSPS) is 11.0. The van der Waals surface area contributed by atoms with Crippen molar-refractivity contribution < 1.29 is 32.2 Å². The van der Waals surface area contributed by atoms with Crippen molar-refractivity contribution in [2.24, 2.45) is 0 Å². The van der Waals surface area contributed by atoms with E-state index in [0.717, 1.165) is 17.2 Å². The SMILES string of the molecule is COc1cc(C(F)(F)F)c(C(=O)NC(=O)N(C)Cc2ccccc2)cc1OCc1ccccc1. The van der Waals surface area contributed by atoms with E-state index >= 15 is 0 Å². The molecule has 9 heteroatoms. The Kier molecular flexibility index (Phi) is 7.78. The van der Waals surface area contributed by atoms with E-state index in [-0.39, 0.29) is 24.7 Å². The fourth-order valence-corrected chi connectivity index (χ4v) is 3.18. The van der Waals surface area contributed by atoms with Crippen molar-refractivity contribution in [3.63, 3.8) is 0 Å². The summed E-state index contributed by atoms with van der Waals surface area (Å²) >= 11 is 0. The van der Waals surface area contributed by atoms with Crippen LogP contribution >= 0.6 is 0 Å². The predicted molar refractivity (Wildman–Crippen MR) is 120 cm³/mol. The van der Waals surface area contributed by atoms with Crippen molar-refractivity contribution in [3.05, 3.63) is 95.1 Å². The summed E-state index contributed by atoms with van der Waals surface area (Å²) in [5, 5.41) is 2.02. The average Bonchev–Trinajstić information content (AvgIpc) is 2.82. The molecule has 6 nitrogen and oxygen atoms in total. The number of benzene rings is 3. The minimum Gasteiger partial charge on any atom is -0.493 e. The van der Waals surface area contributed by atoms with Gasteiger partial charge in [-0.25, -0.2) is 4.79 Å². The number of ether oxygens (including phenoxy) is 2. The van der Waals surface area contributed by atoms with Gasteiger partial charge in [0.25, 0.3) is 5.91 Å². The van der Waals surface area contributed by atoms with Crippen LogP contribution in [0.2, 0.25) is 0 Å². The molecule has 178 valence electrons. The van der Waals surface area contributed by atoms with Gasteiger partial charge < -0.3 is 14.4 Å². The third kappa shape index (κ3) is 6.28. The lowest BCUT2D eigenvalue weighted by Crippen LogP contribution is -2.41. The van der Waals surface area contributed by atoms with Crippen LogP contribution < -0.4 is 14.8 Å². The van der Waals surface area contributed by atoms with Crippen LogP contribution in [0.5, 0.6) is 11.5 Å². The molecule has 3 rings (SSSR count). The Morgan fingerprint density at radius 3 is 2.06 bits per heavy atom. The Labute approximate surface area is 194 Å². The van der Waals surface area contributed by atoms with Crippen molar-refractivity contribution in [2.75, 3.05) is 14.2 Å². The van der Waals surface area contributed by atoms with E-state index in [1.807, 2.05) is 17.4 Å². The van der Waals surface area contributed by atoms with Gasteiger partial charge in [-0.2, -0.15) is 13.2 Å². The quantitative estimate of drug-likeness (QED) is 0.509. The average molecular weight is 472 g/mol. The third-order valence-electron chi connectivity index (χ3n) is 4.92. The molecule has 0 saturated heterocycles. The van der Waals surface area contributed by atoms with Gasteiger partial charge in [0.05, 0.1) is 18.2 Å². The van der Waals surface area contributed by atoms with Crippen LogP contribution in [-0.2, 0) is 19.3 Å². The maximum atomic E-state index is 13.7. The molecule has 0 heterocycles. The predicted octanol–water partition coefficient (Wildman–Crippen LogP) is 5.27. The van der Waals surface area contributed by atoms with E-state index in [2.05, 4.69) is 0 Å². The molecule has 0 radical (unpaired) electrons. The fourth-order valence-electron chi connectivity index (χ4n) is 3.18. The Bertz CT molecular complexity index is 1140. The second-order valence-corrected chi connectivity index (χ2v) is 7.42. The van der Waals surface area contributed by atoms with Crippen LogP contribution in [0.15, 0.2) is 72.8 Å². The standard InChI is InChI=1S/C25H23F3N2O4/c1-30(15-17-9-5-3-6-10-17)24(32)29-23(31)19-13-22(34-16-18-11-7-4-8-12-18)21(33-2)14-20(19)25(26,27)28/h3-14H,15-16H2,1-2H3,(H,29,31,32). The number of nitrogens with zero attached hydrogens (tertiary/aromatic N) is 1. The van der Waals surface area contributed by atoms with Crippen molar-refractivity contribution in [1.29, 1.82) is 0 Å². The number of imide groups is 1. The van der Waals surface area contributed by atoms with Crippen LogP contribution in [0.25, 0.3) is 0 Å². The van der Waals surface area contributed by atoms with Gasteiger partial charge in [0.2, 0.25) is 0 Å². The molecule has 0 aliphatic carbocycles. The maximum absolute atomic E-state index is 13.7. The molecule has 0 unspecified atom stereocenters. The van der Waals surface area contributed by atoms with Crippen molar-refractivity contribution in [3.8, 4) is 11.5 Å². The van der Waals surface area contributed by atoms with Gasteiger partial charge in [-0.1, -0.05) is 60.7 Å². The first kappa shape index (κ1) is 24.6. The highest BCUT2D eigenvalue weighted by Gasteiger charge is 2.37. The Hall–Kier alpha value is -4.01. The zero-order chi connectivity index (χ0) is 24.7. The molecule has 0 aliphatic rings. The van der Waals surface area contributed by atoms with Gasteiger partial charge in [0.1, 0.15) is 6.61 Å². The number of nitrogens with one attached hydrogen (secondary N) is 1. The van der Waals surface area contributed by atoms with Gasteiger partial charge >= 0.3 is 12.2 Å². The number of hydrogen-bond acceptors (Lipinski definition) is 4. The van der Waals surface area contributed by atoms with Crippen LogP contribution in [0.3, 0.4) is 0 Å². The molecule has 3 aromatic carbocycles. The zero-order valence-corrected chi connectivity index (χ0v) is 18.6. The molecule has 0 spiro atoms. The fraction of sp³-hybridized carbons (Fsp3) is 0.200. The van der Waals surface area contributed by atoms with Crippen LogP contribution in [-0.4, -0.2) is 31.0 Å². The van der Waals surface area contributed by atoms with E-state index in [0.29, 0.717) is 6.07 Å². The first-order valence-corrected chi connectivity index (χ1v) is 10.3. The summed E-state index contributed by atoms with van der Waals surface area (Å²) in [5.41, 5.74) is -0.428. The van der Waals surface area contributed by atoms with Crippen LogP contribution in [0.1, 0.15) is 27.0 Å². The largest absolute Gasteiger partial charge is 0.493 e. The molecular formula is C25H23F3N2O4. The minimum absolute atomic E-state index is 0.0440. The second kappa shape index (κ2) is 10.7. The molecule has 3 amide bonds. The topological polar surface area (TPSA) is 67.9 Å². The lowest BCUT2D eigenvalue weighted by molar-refractivity contribution is -0.138. The molecule has 0 aliphatic heterocycles. The maximum Gasteiger partial charge on any atom is 0.417 e. The smallest absolute Gasteiger partial charge is 0.417 e. The van der Waals surface area contributed by atoms with Crippen molar-refractivity contribution in [2.45, 2.75) is 19.3 Å².